The molecule has 5 nitrogen and oxygen atoms in total. The highest BCUT2D eigenvalue weighted by Gasteiger charge is 2.35. The fourth-order valence-corrected chi connectivity index (χ4v) is 3.40. The summed E-state index contributed by atoms with van der Waals surface area (Å²) in [4.78, 5) is 28.3. The van der Waals surface area contributed by atoms with E-state index in [2.05, 4.69) is 0 Å². The molecule has 23 heavy (non-hydrogen) atoms. The van der Waals surface area contributed by atoms with Gasteiger partial charge in [-0.25, -0.2) is 0 Å². The van der Waals surface area contributed by atoms with Crippen LogP contribution in [-0.4, -0.2) is 54.4 Å². The molecular weight excluding hydrogens is 292 g/mol. The number of ether oxygens (including phenoxy) is 1. The molecule has 2 aliphatic heterocycles. The number of rotatable bonds is 2. The summed E-state index contributed by atoms with van der Waals surface area (Å²) in [5.74, 6) is -0.0153. The van der Waals surface area contributed by atoms with Crippen LogP contribution >= 0.6 is 0 Å². The molecule has 0 bridgehead atoms. The maximum atomic E-state index is 12.8. The molecule has 0 spiro atoms. The summed E-state index contributed by atoms with van der Waals surface area (Å²) in [6.45, 7) is 3.82. The highest BCUT2D eigenvalue weighted by atomic mass is 16.5. The second-order valence-corrected chi connectivity index (χ2v) is 6.59. The molecule has 3 rings (SSSR count). The van der Waals surface area contributed by atoms with Gasteiger partial charge in [0.25, 0.3) is 0 Å². The minimum Gasteiger partial charge on any atom is -0.367 e. The van der Waals surface area contributed by atoms with Crippen molar-refractivity contribution >= 4 is 11.8 Å². The summed E-state index contributed by atoms with van der Waals surface area (Å²) in [5, 5.41) is 0. The summed E-state index contributed by atoms with van der Waals surface area (Å²) < 4.78 is 6.01. The lowest BCUT2D eigenvalue weighted by Gasteiger charge is -2.39. The molecule has 3 atom stereocenters. The number of hydrogen-bond donors (Lipinski definition) is 0. The first-order chi connectivity index (χ1) is 11.0. The number of carbonyl (C=O) groups excluding carboxylic acids is 2. The first-order valence-electron chi connectivity index (χ1n) is 8.27. The van der Waals surface area contributed by atoms with Gasteiger partial charge < -0.3 is 14.5 Å². The molecule has 1 aromatic carbocycles. The zero-order valence-corrected chi connectivity index (χ0v) is 13.8. The van der Waals surface area contributed by atoms with Gasteiger partial charge >= 0.3 is 0 Å². The van der Waals surface area contributed by atoms with E-state index in [0.29, 0.717) is 26.1 Å². The number of hydrogen-bond acceptors (Lipinski definition) is 3. The summed E-state index contributed by atoms with van der Waals surface area (Å²) in [7, 11) is 1.80. The molecule has 124 valence electrons. The molecule has 2 heterocycles. The lowest BCUT2D eigenvalue weighted by Crippen LogP contribution is -2.50. The SMILES string of the molecule is C[C@@H]1CN(C(=O)[C@H]2CCN(C)C(=O)C2)C[C@H](c2ccccc2)O1. The van der Waals surface area contributed by atoms with Crippen molar-refractivity contribution in [3.8, 4) is 0 Å². The Hall–Kier alpha value is -1.88. The van der Waals surface area contributed by atoms with Crippen LogP contribution in [0.5, 0.6) is 0 Å². The molecule has 0 aliphatic carbocycles. The van der Waals surface area contributed by atoms with Gasteiger partial charge in [0.05, 0.1) is 12.6 Å². The van der Waals surface area contributed by atoms with E-state index in [1.54, 1.807) is 11.9 Å². The molecule has 2 fully saturated rings. The molecule has 5 heteroatoms. The zero-order chi connectivity index (χ0) is 16.4. The zero-order valence-electron chi connectivity index (χ0n) is 13.8. The van der Waals surface area contributed by atoms with E-state index >= 15 is 0 Å². The van der Waals surface area contributed by atoms with Crippen molar-refractivity contribution in [3.05, 3.63) is 35.9 Å². The van der Waals surface area contributed by atoms with Crippen molar-refractivity contribution in [2.45, 2.75) is 32.0 Å². The second kappa shape index (κ2) is 6.71. The number of carbonyl (C=O) groups is 2. The van der Waals surface area contributed by atoms with Crippen LogP contribution < -0.4 is 0 Å². The van der Waals surface area contributed by atoms with Crippen molar-refractivity contribution in [1.29, 1.82) is 0 Å². The van der Waals surface area contributed by atoms with Crippen molar-refractivity contribution < 1.29 is 14.3 Å². The second-order valence-electron chi connectivity index (χ2n) is 6.59. The molecule has 0 unspecified atom stereocenters. The van der Waals surface area contributed by atoms with Gasteiger partial charge in [0.1, 0.15) is 6.10 Å². The van der Waals surface area contributed by atoms with E-state index in [0.717, 1.165) is 12.0 Å². The largest absolute Gasteiger partial charge is 0.367 e. The van der Waals surface area contributed by atoms with Gasteiger partial charge in [0.2, 0.25) is 11.8 Å². The predicted molar refractivity (Wildman–Crippen MR) is 86.7 cm³/mol. The Morgan fingerprint density at radius 3 is 2.65 bits per heavy atom. The third kappa shape index (κ3) is 3.55. The Bertz CT molecular complexity index is 575. The van der Waals surface area contributed by atoms with Crippen molar-refractivity contribution in [2.75, 3.05) is 26.7 Å². The number of nitrogens with zero attached hydrogens (tertiary/aromatic N) is 2. The molecule has 2 aliphatic rings. The summed E-state index contributed by atoms with van der Waals surface area (Å²) in [6, 6.07) is 10.0. The average molecular weight is 316 g/mol. The highest BCUT2D eigenvalue weighted by Crippen LogP contribution is 2.28. The molecule has 2 saturated heterocycles. The van der Waals surface area contributed by atoms with E-state index in [1.165, 1.54) is 0 Å². The van der Waals surface area contributed by atoms with Gasteiger partial charge in [-0.3, -0.25) is 9.59 Å². The topological polar surface area (TPSA) is 49.9 Å². The van der Waals surface area contributed by atoms with Crippen LogP contribution in [0.4, 0.5) is 0 Å². The normalized spacial score (nSPS) is 28.8. The molecule has 0 saturated carbocycles. The van der Waals surface area contributed by atoms with Crippen molar-refractivity contribution in [1.82, 2.24) is 9.80 Å². The Kier molecular flexibility index (Phi) is 4.66. The fraction of sp³-hybridized carbons (Fsp3) is 0.556. The minimum absolute atomic E-state index is 0.000119. The lowest BCUT2D eigenvalue weighted by atomic mass is 9.94. The fourth-order valence-electron chi connectivity index (χ4n) is 3.40. The monoisotopic (exact) mass is 316 g/mol. The van der Waals surface area contributed by atoms with E-state index < -0.39 is 0 Å². The number of morpholine rings is 1. The smallest absolute Gasteiger partial charge is 0.226 e. The van der Waals surface area contributed by atoms with Gasteiger partial charge in [-0.1, -0.05) is 30.3 Å². The Morgan fingerprint density at radius 2 is 1.96 bits per heavy atom. The molecular formula is C18H24N2O3. The average Bonchev–Trinajstić information content (AvgIpc) is 2.57. The molecule has 0 aromatic heterocycles. The van der Waals surface area contributed by atoms with Crippen LogP contribution in [0.2, 0.25) is 0 Å². The van der Waals surface area contributed by atoms with Crippen LogP contribution in [0.25, 0.3) is 0 Å². The van der Waals surface area contributed by atoms with Crippen molar-refractivity contribution in [2.24, 2.45) is 5.92 Å². The summed E-state index contributed by atoms with van der Waals surface area (Å²) >= 11 is 0. The number of piperidine rings is 1. The lowest BCUT2D eigenvalue weighted by molar-refractivity contribution is -0.153. The van der Waals surface area contributed by atoms with E-state index in [9.17, 15) is 9.59 Å². The number of likely N-dealkylation sites (tertiary alicyclic amines) is 1. The Morgan fingerprint density at radius 1 is 1.22 bits per heavy atom. The van der Waals surface area contributed by atoms with Crippen LogP contribution in [-0.2, 0) is 14.3 Å². The van der Waals surface area contributed by atoms with Gasteiger partial charge in [-0.05, 0) is 18.9 Å². The van der Waals surface area contributed by atoms with Crippen molar-refractivity contribution in [3.63, 3.8) is 0 Å². The standard InChI is InChI=1S/C18H24N2O3/c1-13-11-20(12-16(23-13)14-6-4-3-5-7-14)18(22)15-8-9-19(2)17(21)10-15/h3-7,13,15-16H,8-12H2,1-2H3/t13-,15+,16-/m1/s1. The molecule has 0 radical (unpaired) electrons. The van der Waals surface area contributed by atoms with Gasteiger partial charge in [-0.2, -0.15) is 0 Å². The van der Waals surface area contributed by atoms with Gasteiger partial charge in [-0.15, -0.1) is 0 Å². The third-order valence-corrected chi connectivity index (χ3v) is 4.75. The minimum atomic E-state index is -0.180. The summed E-state index contributed by atoms with van der Waals surface area (Å²) in [6.07, 6.45) is 0.991. The highest BCUT2D eigenvalue weighted by molar-refractivity contribution is 5.87. The predicted octanol–water partition coefficient (Wildman–Crippen LogP) is 1.84. The van der Waals surface area contributed by atoms with Crippen LogP contribution in [0.1, 0.15) is 31.4 Å². The van der Waals surface area contributed by atoms with Gasteiger partial charge in [0, 0.05) is 32.5 Å². The Balaban J connectivity index is 1.69. The maximum absolute atomic E-state index is 12.8. The number of amides is 2. The van der Waals surface area contributed by atoms with Crippen LogP contribution in [0.15, 0.2) is 30.3 Å². The van der Waals surface area contributed by atoms with E-state index in [1.807, 2.05) is 42.2 Å². The van der Waals surface area contributed by atoms with Crippen LogP contribution in [0.3, 0.4) is 0 Å². The van der Waals surface area contributed by atoms with E-state index in [-0.39, 0.29) is 29.9 Å². The van der Waals surface area contributed by atoms with Crippen LogP contribution in [0, 0.1) is 5.92 Å². The summed E-state index contributed by atoms with van der Waals surface area (Å²) in [5.41, 5.74) is 1.09. The quantitative estimate of drug-likeness (QED) is 0.836. The molecule has 1 aromatic rings. The first-order valence-corrected chi connectivity index (χ1v) is 8.27. The van der Waals surface area contributed by atoms with Gasteiger partial charge in [0.15, 0.2) is 0 Å². The Labute approximate surface area is 137 Å². The first kappa shape index (κ1) is 16.0. The third-order valence-electron chi connectivity index (χ3n) is 4.75. The molecule has 2 amide bonds. The number of benzene rings is 1. The molecule has 0 N–H and O–H groups in total. The van der Waals surface area contributed by atoms with E-state index in [4.69, 9.17) is 4.74 Å². The maximum Gasteiger partial charge on any atom is 0.226 e.